The Balaban J connectivity index is 1.80. The van der Waals surface area contributed by atoms with Crippen LogP contribution in [0.2, 0.25) is 0 Å². The van der Waals surface area contributed by atoms with Crippen molar-refractivity contribution in [2.24, 2.45) is 0 Å². The van der Waals surface area contributed by atoms with E-state index in [2.05, 4.69) is 10.3 Å². The number of benzene rings is 2. The van der Waals surface area contributed by atoms with Gasteiger partial charge >= 0.3 is 0 Å². The van der Waals surface area contributed by atoms with Crippen LogP contribution in [0, 0.1) is 5.82 Å². The molecule has 2 aromatic carbocycles. The summed E-state index contributed by atoms with van der Waals surface area (Å²) in [5.74, 6) is -0.115. The molecule has 25 heavy (non-hydrogen) atoms. The molecule has 1 N–H and O–H groups in total. The lowest BCUT2D eigenvalue weighted by Crippen LogP contribution is -2.14. The van der Waals surface area contributed by atoms with Crippen molar-refractivity contribution in [2.75, 3.05) is 5.32 Å². The van der Waals surface area contributed by atoms with Crippen LogP contribution >= 0.6 is 0 Å². The van der Waals surface area contributed by atoms with Gasteiger partial charge in [-0.1, -0.05) is 36.4 Å². The van der Waals surface area contributed by atoms with E-state index >= 15 is 0 Å². The zero-order valence-corrected chi connectivity index (χ0v) is 13.2. The minimum Gasteiger partial charge on any atom is -0.306 e. The van der Waals surface area contributed by atoms with Crippen LogP contribution in [-0.4, -0.2) is 15.3 Å². The molecule has 2 heterocycles. The SMILES string of the molecule is O=C(Nc1c(-c2ccccc2)nc2ccccn12)c1ccc(F)cc1. The number of imidazole rings is 1. The minimum atomic E-state index is -0.378. The van der Waals surface area contributed by atoms with Gasteiger partial charge in [-0.25, -0.2) is 9.37 Å². The Bertz CT molecular complexity index is 1040. The molecule has 1 amide bonds. The van der Waals surface area contributed by atoms with E-state index in [1.54, 1.807) is 0 Å². The number of anilines is 1. The first kappa shape index (κ1) is 15.1. The minimum absolute atomic E-state index is 0.317. The number of pyridine rings is 1. The van der Waals surface area contributed by atoms with Crippen molar-refractivity contribution in [2.45, 2.75) is 0 Å². The summed E-state index contributed by atoms with van der Waals surface area (Å²) in [6.45, 7) is 0. The first-order valence-electron chi connectivity index (χ1n) is 7.82. The largest absolute Gasteiger partial charge is 0.306 e. The summed E-state index contributed by atoms with van der Waals surface area (Å²) in [4.78, 5) is 17.2. The number of nitrogens with one attached hydrogen (secondary N) is 1. The molecule has 4 nitrogen and oxygen atoms in total. The van der Waals surface area contributed by atoms with Crippen LogP contribution in [0.4, 0.5) is 10.2 Å². The monoisotopic (exact) mass is 331 g/mol. The van der Waals surface area contributed by atoms with Crippen LogP contribution < -0.4 is 5.32 Å². The third-order valence-corrected chi connectivity index (χ3v) is 3.92. The number of hydrogen-bond donors (Lipinski definition) is 1. The maximum atomic E-state index is 13.1. The van der Waals surface area contributed by atoms with Crippen molar-refractivity contribution in [3.63, 3.8) is 0 Å². The zero-order chi connectivity index (χ0) is 17.2. The molecule has 5 heteroatoms. The Morgan fingerprint density at radius 1 is 0.920 bits per heavy atom. The summed E-state index contributed by atoms with van der Waals surface area (Å²) in [5, 5.41) is 2.91. The van der Waals surface area contributed by atoms with Gasteiger partial charge < -0.3 is 5.32 Å². The summed E-state index contributed by atoms with van der Waals surface area (Å²) in [5.41, 5.74) is 2.70. The van der Waals surface area contributed by atoms with Crippen LogP contribution in [0.5, 0.6) is 0 Å². The number of aromatic nitrogens is 2. The molecule has 0 spiro atoms. The van der Waals surface area contributed by atoms with Gasteiger partial charge in [0, 0.05) is 17.3 Å². The summed E-state index contributed by atoms with van der Waals surface area (Å²) in [7, 11) is 0. The van der Waals surface area contributed by atoms with Gasteiger partial charge in [-0.2, -0.15) is 0 Å². The van der Waals surface area contributed by atoms with E-state index in [9.17, 15) is 9.18 Å². The molecule has 122 valence electrons. The Labute approximate surface area is 143 Å². The van der Waals surface area contributed by atoms with E-state index in [0.717, 1.165) is 11.2 Å². The van der Waals surface area contributed by atoms with Gasteiger partial charge in [0.1, 0.15) is 23.0 Å². The maximum Gasteiger partial charge on any atom is 0.256 e. The number of carbonyl (C=O) groups excluding carboxylic acids is 1. The molecule has 0 unspecified atom stereocenters. The smallest absolute Gasteiger partial charge is 0.256 e. The van der Waals surface area contributed by atoms with Crippen LogP contribution in [0.1, 0.15) is 10.4 Å². The lowest BCUT2D eigenvalue weighted by atomic mass is 10.1. The van der Waals surface area contributed by atoms with E-state index < -0.39 is 0 Å². The molecule has 0 aliphatic heterocycles. The molecular formula is C20H14FN3O. The standard InChI is InChI=1S/C20H14FN3O/c21-16-11-9-15(10-12-16)20(25)23-19-18(14-6-2-1-3-7-14)22-17-8-4-5-13-24(17)19/h1-13H,(H,23,25). The van der Waals surface area contributed by atoms with Crippen molar-refractivity contribution in [1.29, 1.82) is 0 Å². The van der Waals surface area contributed by atoms with Gasteiger partial charge in [0.25, 0.3) is 5.91 Å². The van der Waals surface area contributed by atoms with Gasteiger partial charge in [0.15, 0.2) is 0 Å². The van der Waals surface area contributed by atoms with Crippen molar-refractivity contribution in [3.8, 4) is 11.3 Å². The fraction of sp³-hybridized carbons (Fsp3) is 0. The number of hydrogen-bond acceptors (Lipinski definition) is 2. The fourth-order valence-electron chi connectivity index (χ4n) is 2.69. The molecular weight excluding hydrogens is 317 g/mol. The van der Waals surface area contributed by atoms with E-state index in [4.69, 9.17) is 0 Å². The molecule has 0 aliphatic carbocycles. The number of halogens is 1. The highest BCUT2D eigenvalue weighted by atomic mass is 19.1. The lowest BCUT2D eigenvalue weighted by Gasteiger charge is -2.08. The maximum absolute atomic E-state index is 13.1. The second-order valence-corrected chi connectivity index (χ2v) is 5.56. The van der Waals surface area contributed by atoms with Crippen LogP contribution in [-0.2, 0) is 0 Å². The van der Waals surface area contributed by atoms with Crippen LogP contribution in [0.3, 0.4) is 0 Å². The topological polar surface area (TPSA) is 46.4 Å². The molecule has 0 atom stereocenters. The second kappa shape index (κ2) is 6.20. The van der Waals surface area contributed by atoms with E-state index in [1.165, 1.54) is 24.3 Å². The summed E-state index contributed by atoms with van der Waals surface area (Å²) in [6.07, 6.45) is 1.84. The van der Waals surface area contributed by atoms with Crippen molar-refractivity contribution in [3.05, 3.63) is 90.4 Å². The predicted octanol–water partition coefficient (Wildman–Crippen LogP) is 4.39. The molecule has 0 fully saturated rings. The van der Waals surface area contributed by atoms with Crippen LogP contribution in [0.15, 0.2) is 79.0 Å². The quantitative estimate of drug-likeness (QED) is 0.605. The van der Waals surface area contributed by atoms with Gasteiger partial charge in [-0.3, -0.25) is 9.20 Å². The lowest BCUT2D eigenvalue weighted by molar-refractivity contribution is 0.102. The Morgan fingerprint density at radius 2 is 1.64 bits per heavy atom. The van der Waals surface area contributed by atoms with E-state index in [0.29, 0.717) is 17.1 Å². The van der Waals surface area contributed by atoms with Gasteiger partial charge in [0.05, 0.1) is 0 Å². The first-order chi connectivity index (χ1) is 12.2. The zero-order valence-electron chi connectivity index (χ0n) is 13.2. The van der Waals surface area contributed by atoms with Gasteiger partial charge in [-0.15, -0.1) is 0 Å². The molecule has 0 bridgehead atoms. The highest BCUT2D eigenvalue weighted by Crippen LogP contribution is 2.28. The number of carbonyl (C=O) groups is 1. The molecule has 0 saturated heterocycles. The second-order valence-electron chi connectivity index (χ2n) is 5.56. The highest BCUT2D eigenvalue weighted by Gasteiger charge is 2.17. The number of amides is 1. The molecule has 0 aliphatic rings. The summed E-state index contributed by atoms with van der Waals surface area (Å²) >= 11 is 0. The molecule has 2 aromatic heterocycles. The Hall–Kier alpha value is -3.47. The first-order valence-corrected chi connectivity index (χ1v) is 7.82. The fourth-order valence-corrected chi connectivity index (χ4v) is 2.69. The summed E-state index contributed by atoms with van der Waals surface area (Å²) < 4.78 is 14.9. The summed E-state index contributed by atoms with van der Waals surface area (Å²) in [6, 6.07) is 20.7. The molecule has 4 aromatic rings. The third kappa shape index (κ3) is 2.87. The number of fused-ring (bicyclic) bond motifs is 1. The number of rotatable bonds is 3. The normalized spacial score (nSPS) is 10.8. The van der Waals surface area contributed by atoms with Gasteiger partial charge in [0.2, 0.25) is 0 Å². The van der Waals surface area contributed by atoms with Crippen molar-refractivity contribution in [1.82, 2.24) is 9.38 Å². The third-order valence-electron chi connectivity index (χ3n) is 3.92. The molecule has 0 radical (unpaired) electrons. The molecule has 4 rings (SSSR count). The average Bonchev–Trinajstić information content (AvgIpc) is 3.02. The van der Waals surface area contributed by atoms with Crippen molar-refractivity contribution >= 4 is 17.4 Å². The van der Waals surface area contributed by atoms with Crippen LogP contribution in [0.25, 0.3) is 16.9 Å². The van der Waals surface area contributed by atoms with Gasteiger partial charge in [-0.05, 0) is 36.4 Å². The predicted molar refractivity (Wildman–Crippen MR) is 95.0 cm³/mol. The van der Waals surface area contributed by atoms with Crippen molar-refractivity contribution < 1.29 is 9.18 Å². The number of nitrogens with zero attached hydrogens (tertiary/aromatic N) is 2. The Morgan fingerprint density at radius 3 is 2.40 bits per heavy atom. The molecule has 0 saturated carbocycles. The van der Waals surface area contributed by atoms with E-state index in [-0.39, 0.29) is 11.7 Å². The highest BCUT2D eigenvalue weighted by molar-refractivity contribution is 6.05. The van der Waals surface area contributed by atoms with E-state index in [1.807, 2.05) is 59.1 Å². The average molecular weight is 331 g/mol. The Kier molecular flexibility index (Phi) is 3.74.